The number of amides is 1. The van der Waals surface area contributed by atoms with Crippen molar-refractivity contribution in [1.29, 1.82) is 0 Å². The average molecular weight is 657 g/mol. The number of carbonyl (C=O) groups excluding carboxylic acids is 1. The Balaban J connectivity index is 1.44. The number of rotatable bonds is 8. The van der Waals surface area contributed by atoms with Crippen LogP contribution in [-0.2, 0) is 13.5 Å². The van der Waals surface area contributed by atoms with Crippen LogP contribution in [0.4, 0.5) is 8.78 Å². The van der Waals surface area contributed by atoms with E-state index in [9.17, 15) is 23.5 Å². The number of para-hydroxylation sites is 2. The maximum atomic E-state index is 14.2. The Morgan fingerprint density at radius 1 is 0.977 bits per heavy atom. The second kappa shape index (κ2) is 12.1. The molecule has 2 heterocycles. The lowest BCUT2D eigenvalue weighted by Gasteiger charge is -2.22. The third-order valence-corrected chi connectivity index (χ3v) is 8.50. The Kier molecular flexibility index (Phi) is 8.05. The van der Waals surface area contributed by atoms with Crippen LogP contribution in [-0.4, -0.2) is 27.1 Å². The zero-order chi connectivity index (χ0) is 31.0. The van der Waals surface area contributed by atoms with Gasteiger partial charge in [0.15, 0.2) is 11.6 Å². The van der Waals surface area contributed by atoms with Gasteiger partial charge in [0, 0.05) is 40.0 Å². The van der Waals surface area contributed by atoms with Gasteiger partial charge in [0.05, 0.1) is 22.6 Å². The maximum absolute atomic E-state index is 14.2. The molecule has 6 nitrogen and oxygen atoms in total. The van der Waals surface area contributed by atoms with Crippen molar-refractivity contribution in [2.75, 3.05) is 6.54 Å². The van der Waals surface area contributed by atoms with Gasteiger partial charge < -0.3 is 20.0 Å². The molecule has 9 heteroatoms. The molecular weight excluding hydrogens is 628 g/mol. The summed E-state index contributed by atoms with van der Waals surface area (Å²) in [5, 5.41) is 15.9. The van der Waals surface area contributed by atoms with Crippen LogP contribution < -0.4 is 10.9 Å². The summed E-state index contributed by atoms with van der Waals surface area (Å²) in [6.07, 6.45) is 0.967. The molecule has 0 aliphatic heterocycles. The van der Waals surface area contributed by atoms with E-state index in [1.807, 2.05) is 60.7 Å². The Bertz CT molecular complexity index is 2100. The van der Waals surface area contributed by atoms with E-state index in [-0.39, 0.29) is 29.0 Å². The van der Waals surface area contributed by atoms with Gasteiger partial charge in [-0.1, -0.05) is 64.5 Å². The lowest BCUT2D eigenvalue weighted by molar-refractivity contribution is 0.0948. The van der Waals surface area contributed by atoms with Crippen molar-refractivity contribution < 1.29 is 18.7 Å². The smallest absolute Gasteiger partial charge is 0.258 e. The van der Waals surface area contributed by atoms with E-state index in [0.717, 1.165) is 38.3 Å². The molecule has 0 fully saturated rings. The largest absolute Gasteiger partial charge is 0.507 e. The molecule has 3 N–H and O–H groups in total. The van der Waals surface area contributed by atoms with E-state index in [4.69, 9.17) is 0 Å². The van der Waals surface area contributed by atoms with Crippen LogP contribution in [0.2, 0.25) is 0 Å². The monoisotopic (exact) mass is 655 g/mol. The molecule has 0 bridgehead atoms. The van der Waals surface area contributed by atoms with Crippen LogP contribution in [0, 0.1) is 11.6 Å². The molecule has 1 unspecified atom stereocenters. The van der Waals surface area contributed by atoms with Gasteiger partial charge in [-0.05, 0) is 66.4 Å². The zero-order valence-electron chi connectivity index (χ0n) is 23.7. The van der Waals surface area contributed by atoms with Crippen molar-refractivity contribution >= 4 is 43.6 Å². The van der Waals surface area contributed by atoms with Gasteiger partial charge in [0.2, 0.25) is 0 Å². The number of H-pyrrole nitrogens is 1. The number of hydrogen-bond donors (Lipinski definition) is 3. The fraction of sp³-hybridized carbons (Fsp3) is 0.143. The van der Waals surface area contributed by atoms with E-state index >= 15 is 0 Å². The Hall–Kier alpha value is -4.76. The van der Waals surface area contributed by atoms with Crippen LogP contribution in [0.5, 0.6) is 5.75 Å². The Morgan fingerprint density at radius 2 is 1.70 bits per heavy atom. The zero-order valence-corrected chi connectivity index (χ0v) is 25.3. The fourth-order valence-electron chi connectivity index (χ4n) is 5.90. The number of halogens is 3. The SMILES string of the molecule is Cn1c(=O)c(C(c2cccc(Br)c2)c2[nH]c3ccccc3c2CCCNC(=O)c2cccc(F)c2F)c(O)c2ccccc21. The summed E-state index contributed by atoms with van der Waals surface area (Å²) in [7, 11) is 1.70. The number of aromatic amines is 1. The van der Waals surface area contributed by atoms with Crippen LogP contribution in [0.3, 0.4) is 0 Å². The number of aryl methyl sites for hydroxylation is 2. The van der Waals surface area contributed by atoms with E-state index in [2.05, 4.69) is 26.2 Å². The predicted octanol–water partition coefficient (Wildman–Crippen LogP) is 7.31. The van der Waals surface area contributed by atoms with Gasteiger partial charge in [0.25, 0.3) is 11.5 Å². The number of fused-ring (bicyclic) bond motifs is 2. The molecule has 0 aliphatic carbocycles. The third-order valence-electron chi connectivity index (χ3n) is 8.00. The molecule has 6 aromatic rings. The molecule has 6 rings (SSSR count). The maximum Gasteiger partial charge on any atom is 0.258 e. The third kappa shape index (κ3) is 5.28. The van der Waals surface area contributed by atoms with Crippen molar-refractivity contribution in [1.82, 2.24) is 14.9 Å². The molecule has 2 aromatic heterocycles. The van der Waals surface area contributed by atoms with E-state index < -0.39 is 23.5 Å². The summed E-state index contributed by atoms with van der Waals surface area (Å²) in [5.41, 5.74) is 3.52. The van der Waals surface area contributed by atoms with E-state index in [1.165, 1.54) is 12.1 Å². The number of nitrogens with zero attached hydrogens (tertiary/aromatic N) is 1. The lowest BCUT2D eigenvalue weighted by atomic mass is 9.85. The van der Waals surface area contributed by atoms with Crippen LogP contribution in [0.15, 0.2) is 100 Å². The first-order valence-corrected chi connectivity index (χ1v) is 14.9. The summed E-state index contributed by atoms with van der Waals surface area (Å²) in [6, 6.07) is 26.2. The lowest BCUT2D eigenvalue weighted by Crippen LogP contribution is -2.26. The number of benzene rings is 4. The minimum absolute atomic E-state index is 0.0809. The molecule has 4 aromatic carbocycles. The molecular formula is C35H28BrF2N3O3. The number of pyridine rings is 1. The normalized spacial score (nSPS) is 12.1. The average Bonchev–Trinajstić information content (AvgIpc) is 3.39. The molecule has 1 atom stereocenters. The highest BCUT2D eigenvalue weighted by atomic mass is 79.9. The number of aromatic hydroxyl groups is 1. The van der Waals surface area contributed by atoms with Crippen LogP contribution in [0.1, 0.15) is 45.1 Å². The Labute approximate surface area is 260 Å². The molecule has 1 amide bonds. The van der Waals surface area contributed by atoms with Gasteiger partial charge in [-0.3, -0.25) is 9.59 Å². The number of carbonyl (C=O) groups is 1. The first kappa shape index (κ1) is 29.3. The fourth-order valence-corrected chi connectivity index (χ4v) is 6.32. The molecule has 0 spiro atoms. The summed E-state index contributed by atoms with van der Waals surface area (Å²) in [6.45, 7) is 0.207. The standard InChI is InChI=1S/C35H28BrF2N3O3/c1-41-28-17-5-3-12-24(28)33(42)30(35(41)44)29(20-9-6-10-21(36)19-20)32-23(22-11-2-4-16-27(22)40-32)14-8-18-39-34(43)25-13-7-15-26(37)31(25)38/h2-7,9-13,15-17,19,29,40,42H,8,14,18H2,1H3,(H,39,43). The summed E-state index contributed by atoms with van der Waals surface area (Å²) in [4.78, 5) is 30.1. The molecule has 44 heavy (non-hydrogen) atoms. The molecule has 0 saturated carbocycles. The second-order valence-electron chi connectivity index (χ2n) is 10.7. The van der Waals surface area contributed by atoms with Crippen molar-refractivity contribution in [2.45, 2.75) is 18.8 Å². The van der Waals surface area contributed by atoms with Gasteiger partial charge in [-0.15, -0.1) is 0 Å². The molecule has 0 radical (unpaired) electrons. The van der Waals surface area contributed by atoms with Crippen molar-refractivity contribution in [3.05, 3.63) is 145 Å². The first-order valence-electron chi connectivity index (χ1n) is 14.1. The molecule has 0 saturated heterocycles. The predicted molar refractivity (Wildman–Crippen MR) is 171 cm³/mol. The Morgan fingerprint density at radius 3 is 2.50 bits per heavy atom. The molecule has 222 valence electrons. The topological polar surface area (TPSA) is 87.1 Å². The summed E-state index contributed by atoms with van der Waals surface area (Å²) < 4.78 is 30.2. The van der Waals surface area contributed by atoms with Crippen LogP contribution in [0.25, 0.3) is 21.8 Å². The van der Waals surface area contributed by atoms with Gasteiger partial charge >= 0.3 is 0 Å². The first-order chi connectivity index (χ1) is 21.3. The van der Waals surface area contributed by atoms with Crippen LogP contribution >= 0.6 is 15.9 Å². The van der Waals surface area contributed by atoms with Crippen molar-refractivity contribution in [2.24, 2.45) is 7.05 Å². The molecule has 0 aliphatic rings. The summed E-state index contributed by atoms with van der Waals surface area (Å²) >= 11 is 3.57. The summed E-state index contributed by atoms with van der Waals surface area (Å²) in [5.74, 6) is -3.70. The minimum atomic E-state index is -1.18. The van der Waals surface area contributed by atoms with Crippen molar-refractivity contribution in [3.8, 4) is 5.75 Å². The number of nitrogens with one attached hydrogen (secondary N) is 2. The van der Waals surface area contributed by atoms with Gasteiger partial charge in [-0.25, -0.2) is 8.78 Å². The highest BCUT2D eigenvalue weighted by Crippen LogP contribution is 2.41. The number of aromatic nitrogens is 2. The highest BCUT2D eigenvalue weighted by molar-refractivity contribution is 9.10. The van der Waals surface area contributed by atoms with Gasteiger partial charge in [-0.2, -0.15) is 0 Å². The van der Waals surface area contributed by atoms with Crippen molar-refractivity contribution in [3.63, 3.8) is 0 Å². The quantitative estimate of drug-likeness (QED) is 0.150. The van der Waals surface area contributed by atoms with E-state index in [1.54, 1.807) is 23.7 Å². The highest BCUT2D eigenvalue weighted by Gasteiger charge is 2.30. The van der Waals surface area contributed by atoms with Gasteiger partial charge in [0.1, 0.15) is 5.75 Å². The second-order valence-corrected chi connectivity index (χ2v) is 11.6. The minimum Gasteiger partial charge on any atom is -0.507 e. The number of hydrogen-bond acceptors (Lipinski definition) is 3. The van der Waals surface area contributed by atoms with E-state index in [0.29, 0.717) is 23.7 Å².